The minimum atomic E-state index is -0.214. The molecule has 1 rings (SSSR count). The lowest BCUT2D eigenvalue weighted by molar-refractivity contribution is -0.134. The molecule has 0 aromatic rings. The fourth-order valence-corrected chi connectivity index (χ4v) is 2.26. The van der Waals surface area contributed by atoms with Crippen LogP contribution in [0.15, 0.2) is 0 Å². The van der Waals surface area contributed by atoms with E-state index in [1.165, 1.54) is 0 Å². The summed E-state index contributed by atoms with van der Waals surface area (Å²) in [6.07, 6.45) is 3.46. The molecule has 4 heteroatoms. The third-order valence-electron chi connectivity index (χ3n) is 3.77. The summed E-state index contributed by atoms with van der Waals surface area (Å²) in [6.45, 7) is 5.90. The molecule has 4 nitrogen and oxygen atoms in total. The summed E-state index contributed by atoms with van der Waals surface area (Å²) in [5, 5.41) is 15.3. The summed E-state index contributed by atoms with van der Waals surface area (Å²) in [5.74, 6) is 0.123. The van der Waals surface area contributed by atoms with Crippen molar-refractivity contribution < 1.29 is 9.90 Å². The summed E-state index contributed by atoms with van der Waals surface area (Å²) < 4.78 is 0. The molecule has 1 heterocycles. The smallest absolute Gasteiger partial charge is 0.226 e. The number of aliphatic hydroxyl groups excluding tert-OH is 1. The summed E-state index contributed by atoms with van der Waals surface area (Å²) in [4.78, 5) is 12.2. The summed E-state index contributed by atoms with van der Waals surface area (Å²) >= 11 is 0. The number of rotatable bonds is 5. The van der Waals surface area contributed by atoms with E-state index in [1.807, 2.05) is 6.92 Å². The number of carbonyl (C=O) groups excluding carboxylic acids is 1. The molecule has 94 valence electrons. The lowest BCUT2D eigenvalue weighted by Gasteiger charge is -2.36. The Bertz CT molecular complexity index is 221. The van der Waals surface area contributed by atoms with Crippen molar-refractivity contribution in [1.82, 2.24) is 10.6 Å². The molecule has 1 aliphatic heterocycles. The standard InChI is InChI=1S/C12H24N2O2/c1-3-10(9-15)14-11(16)12(4-2)5-7-13-8-6-12/h10,13,15H,3-9H2,1-2H3,(H,14,16). The zero-order valence-electron chi connectivity index (χ0n) is 10.4. The maximum absolute atomic E-state index is 12.2. The molecule has 3 N–H and O–H groups in total. The molecular weight excluding hydrogens is 204 g/mol. The van der Waals surface area contributed by atoms with Crippen molar-refractivity contribution in [3.63, 3.8) is 0 Å². The quantitative estimate of drug-likeness (QED) is 0.647. The Morgan fingerprint density at radius 2 is 2.06 bits per heavy atom. The molecule has 1 unspecified atom stereocenters. The number of piperidine rings is 1. The first-order valence-electron chi connectivity index (χ1n) is 6.31. The van der Waals surface area contributed by atoms with Crippen LogP contribution in [0.2, 0.25) is 0 Å². The number of carbonyl (C=O) groups is 1. The van der Waals surface area contributed by atoms with E-state index in [9.17, 15) is 4.79 Å². The third kappa shape index (κ3) is 2.95. The average Bonchev–Trinajstić information content (AvgIpc) is 2.36. The van der Waals surface area contributed by atoms with E-state index in [0.717, 1.165) is 38.8 Å². The SMILES string of the molecule is CCC(CO)NC(=O)C1(CC)CCNCC1. The normalized spacial score (nSPS) is 21.4. The molecule has 1 amide bonds. The molecule has 1 atom stereocenters. The van der Waals surface area contributed by atoms with Crippen molar-refractivity contribution in [2.75, 3.05) is 19.7 Å². The largest absolute Gasteiger partial charge is 0.394 e. The molecule has 1 aliphatic rings. The molecule has 0 aliphatic carbocycles. The second-order valence-corrected chi connectivity index (χ2v) is 4.65. The van der Waals surface area contributed by atoms with E-state index in [2.05, 4.69) is 17.6 Å². The Hall–Kier alpha value is -0.610. The van der Waals surface area contributed by atoms with Crippen LogP contribution in [-0.4, -0.2) is 36.8 Å². The van der Waals surface area contributed by atoms with Crippen molar-refractivity contribution in [3.8, 4) is 0 Å². The van der Waals surface area contributed by atoms with Crippen molar-refractivity contribution in [2.24, 2.45) is 5.41 Å². The van der Waals surface area contributed by atoms with E-state index >= 15 is 0 Å². The van der Waals surface area contributed by atoms with Gasteiger partial charge >= 0.3 is 0 Å². The molecule has 16 heavy (non-hydrogen) atoms. The van der Waals surface area contributed by atoms with Gasteiger partial charge in [0.05, 0.1) is 18.1 Å². The number of nitrogens with one attached hydrogen (secondary N) is 2. The second kappa shape index (κ2) is 6.21. The van der Waals surface area contributed by atoms with Gasteiger partial charge in [-0.1, -0.05) is 13.8 Å². The molecule has 0 aromatic carbocycles. The van der Waals surface area contributed by atoms with Crippen LogP contribution in [0, 0.1) is 5.41 Å². The van der Waals surface area contributed by atoms with Gasteiger partial charge < -0.3 is 15.7 Å². The molecule has 0 radical (unpaired) electrons. The van der Waals surface area contributed by atoms with E-state index in [-0.39, 0.29) is 24.0 Å². The van der Waals surface area contributed by atoms with Crippen LogP contribution < -0.4 is 10.6 Å². The highest BCUT2D eigenvalue weighted by Crippen LogP contribution is 2.32. The minimum Gasteiger partial charge on any atom is -0.394 e. The van der Waals surface area contributed by atoms with Gasteiger partial charge in [-0.2, -0.15) is 0 Å². The highest BCUT2D eigenvalue weighted by molar-refractivity contribution is 5.83. The van der Waals surface area contributed by atoms with Crippen LogP contribution in [0.25, 0.3) is 0 Å². The predicted octanol–water partition coefficient (Wildman–Crippen LogP) is 0.653. The molecular formula is C12H24N2O2. The topological polar surface area (TPSA) is 61.4 Å². The highest BCUT2D eigenvalue weighted by Gasteiger charge is 2.38. The Balaban J connectivity index is 2.61. The fourth-order valence-electron chi connectivity index (χ4n) is 2.26. The van der Waals surface area contributed by atoms with Crippen molar-refractivity contribution >= 4 is 5.91 Å². The Morgan fingerprint density at radius 3 is 2.50 bits per heavy atom. The Morgan fingerprint density at radius 1 is 1.44 bits per heavy atom. The summed E-state index contributed by atoms with van der Waals surface area (Å²) in [7, 11) is 0. The van der Waals surface area contributed by atoms with Crippen LogP contribution >= 0.6 is 0 Å². The molecule has 0 saturated carbocycles. The molecule has 0 spiro atoms. The highest BCUT2D eigenvalue weighted by atomic mass is 16.3. The maximum atomic E-state index is 12.2. The van der Waals surface area contributed by atoms with Crippen molar-refractivity contribution in [1.29, 1.82) is 0 Å². The first-order chi connectivity index (χ1) is 7.68. The summed E-state index contributed by atoms with van der Waals surface area (Å²) in [5.41, 5.74) is -0.214. The molecule has 1 saturated heterocycles. The van der Waals surface area contributed by atoms with Crippen LogP contribution in [0.5, 0.6) is 0 Å². The predicted molar refractivity (Wildman–Crippen MR) is 64.1 cm³/mol. The lowest BCUT2D eigenvalue weighted by Crippen LogP contribution is -2.50. The lowest BCUT2D eigenvalue weighted by atomic mass is 9.75. The first kappa shape index (κ1) is 13.5. The molecule has 1 fully saturated rings. The van der Waals surface area contributed by atoms with E-state index in [0.29, 0.717) is 0 Å². The average molecular weight is 228 g/mol. The zero-order valence-corrected chi connectivity index (χ0v) is 10.4. The van der Waals surface area contributed by atoms with Gasteiger partial charge in [-0.25, -0.2) is 0 Å². The van der Waals surface area contributed by atoms with Crippen LogP contribution in [-0.2, 0) is 4.79 Å². The van der Waals surface area contributed by atoms with Gasteiger partial charge in [0.25, 0.3) is 0 Å². The van der Waals surface area contributed by atoms with Gasteiger partial charge in [0.2, 0.25) is 5.91 Å². The van der Waals surface area contributed by atoms with Crippen LogP contribution in [0.3, 0.4) is 0 Å². The van der Waals surface area contributed by atoms with Crippen molar-refractivity contribution in [2.45, 2.75) is 45.6 Å². The monoisotopic (exact) mass is 228 g/mol. The van der Waals surface area contributed by atoms with E-state index < -0.39 is 0 Å². The first-order valence-corrected chi connectivity index (χ1v) is 6.31. The Kier molecular flexibility index (Phi) is 5.22. The number of hydrogen-bond donors (Lipinski definition) is 3. The fraction of sp³-hybridized carbons (Fsp3) is 0.917. The van der Waals surface area contributed by atoms with E-state index in [1.54, 1.807) is 0 Å². The van der Waals surface area contributed by atoms with E-state index in [4.69, 9.17) is 5.11 Å². The van der Waals surface area contributed by atoms with Crippen molar-refractivity contribution in [3.05, 3.63) is 0 Å². The number of hydrogen-bond acceptors (Lipinski definition) is 3. The third-order valence-corrected chi connectivity index (χ3v) is 3.77. The van der Waals surface area contributed by atoms with Gasteiger partial charge in [-0.3, -0.25) is 4.79 Å². The Labute approximate surface area is 97.8 Å². The van der Waals surface area contributed by atoms with Crippen LogP contribution in [0.1, 0.15) is 39.5 Å². The molecule has 0 aromatic heterocycles. The number of amides is 1. The van der Waals surface area contributed by atoms with Gasteiger partial charge in [0.1, 0.15) is 0 Å². The van der Waals surface area contributed by atoms with Gasteiger partial charge in [-0.15, -0.1) is 0 Å². The number of aliphatic hydroxyl groups is 1. The molecule has 0 bridgehead atoms. The van der Waals surface area contributed by atoms with Crippen LogP contribution in [0.4, 0.5) is 0 Å². The zero-order chi connectivity index (χ0) is 12.0. The minimum absolute atomic E-state index is 0.0281. The van der Waals surface area contributed by atoms with Gasteiger partial charge in [0, 0.05) is 0 Å². The maximum Gasteiger partial charge on any atom is 0.226 e. The summed E-state index contributed by atoms with van der Waals surface area (Å²) in [6, 6.07) is -0.0918. The van der Waals surface area contributed by atoms with Gasteiger partial charge in [-0.05, 0) is 38.8 Å². The van der Waals surface area contributed by atoms with Gasteiger partial charge in [0.15, 0.2) is 0 Å². The second-order valence-electron chi connectivity index (χ2n) is 4.65.